The first-order valence-electron chi connectivity index (χ1n) is 9.38. The van der Waals surface area contributed by atoms with E-state index in [2.05, 4.69) is 48.3 Å². The van der Waals surface area contributed by atoms with Crippen LogP contribution in [-0.4, -0.2) is 29.3 Å². The lowest BCUT2D eigenvalue weighted by Gasteiger charge is -2.24. The van der Waals surface area contributed by atoms with Crippen LogP contribution in [0.4, 0.5) is 5.69 Å². The summed E-state index contributed by atoms with van der Waals surface area (Å²) in [7, 11) is 0. The van der Waals surface area contributed by atoms with Gasteiger partial charge in [0.1, 0.15) is 5.75 Å². The second-order valence-corrected chi connectivity index (χ2v) is 6.80. The van der Waals surface area contributed by atoms with Crippen LogP contribution in [0.25, 0.3) is 0 Å². The summed E-state index contributed by atoms with van der Waals surface area (Å²) in [6, 6.07) is 15.1. The van der Waals surface area contributed by atoms with Gasteiger partial charge in [-0.1, -0.05) is 18.2 Å². The highest BCUT2D eigenvalue weighted by Crippen LogP contribution is 2.22. The predicted octanol–water partition coefficient (Wildman–Crippen LogP) is 3.65. The molecule has 0 saturated heterocycles. The van der Waals surface area contributed by atoms with Crippen LogP contribution in [0, 0.1) is 18.3 Å². The van der Waals surface area contributed by atoms with Gasteiger partial charge < -0.3 is 20.4 Å². The van der Waals surface area contributed by atoms with Gasteiger partial charge in [0, 0.05) is 31.4 Å². The molecular weight excluding hydrogens is 338 g/mol. The lowest BCUT2D eigenvalue weighted by molar-refractivity contribution is 0.135. The van der Waals surface area contributed by atoms with E-state index < -0.39 is 6.10 Å². The highest BCUT2D eigenvalue weighted by Gasteiger charge is 2.16. The van der Waals surface area contributed by atoms with Crippen LogP contribution < -0.4 is 10.2 Å². The van der Waals surface area contributed by atoms with Crippen LogP contribution in [0.15, 0.2) is 42.5 Å². The number of aliphatic hydroxyl groups is 1. The summed E-state index contributed by atoms with van der Waals surface area (Å²) in [5.74, 6) is 0.193. The van der Waals surface area contributed by atoms with Crippen molar-refractivity contribution < 1.29 is 10.2 Å². The summed E-state index contributed by atoms with van der Waals surface area (Å²) in [5.41, 5.74) is 4.27. The summed E-state index contributed by atoms with van der Waals surface area (Å²) >= 11 is 0. The molecule has 2 rings (SSSR count). The molecule has 0 aliphatic rings. The molecule has 2 aromatic carbocycles. The molecule has 0 amide bonds. The number of benzene rings is 2. The standard InChI is InChI=1S/C22H29N3O2/c1-4-25(13-5-12-23)20-9-6-19(16(2)14-20)15-24-17(3)22(27)18-7-10-21(26)11-8-18/h6-11,14,17,22,24,26-27H,4-5,13,15H2,1-3H3/t17-,22+/m0/s1. The fraction of sp³-hybridized carbons (Fsp3) is 0.409. The second-order valence-electron chi connectivity index (χ2n) is 6.80. The number of phenols is 1. The Bertz CT molecular complexity index is 768. The zero-order valence-electron chi connectivity index (χ0n) is 16.3. The first-order valence-corrected chi connectivity index (χ1v) is 9.38. The highest BCUT2D eigenvalue weighted by atomic mass is 16.3. The summed E-state index contributed by atoms with van der Waals surface area (Å²) in [6.45, 7) is 8.39. The maximum absolute atomic E-state index is 10.5. The molecule has 2 atom stereocenters. The molecule has 5 heteroatoms. The van der Waals surface area contributed by atoms with Gasteiger partial charge in [0.25, 0.3) is 0 Å². The molecular formula is C22H29N3O2. The van der Waals surface area contributed by atoms with Crippen LogP contribution in [0.2, 0.25) is 0 Å². The lowest BCUT2D eigenvalue weighted by Crippen LogP contribution is -2.32. The molecule has 2 aromatic rings. The molecule has 0 aliphatic carbocycles. The average Bonchev–Trinajstić information content (AvgIpc) is 2.67. The van der Waals surface area contributed by atoms with Gasteiger partial charge in [-0.2, -0.15) is 5.26 Å². The maximum Gasteiger partial charge on any atom is 0.115 e. The Labute approximate surface area is 161 Å². The first kappa shape index (κ1) is 20.8. The monoisotopic (exact) mass is 367 g/mol. The van der Waals surface area contributed by atoms with E-state index in [0.29, 0.717) is 13.0 Å². The number of aromatic hydroxyl groups is 1. The maximum atomic E-state index is 10.5. The van der Waals surface area contributed by atoms with Gasteiger partial charge in [0.05, 0.1) is 18.6 Å². The normalized spacial score (nSPS) is 13.0. The molecule has 144 valence electrons. The Kier molecular flexibility index (Phi) is 7.66. The Morgan fingerprint density at radius 2 is 1.89 bits per heavy atom. The lowest BCUT2D eigenvalue weighted by atomic mass is 10.0. The van der Waals surface area contributed by atoms with E-state index in [1.54, 1.807) is 24.3 Å². The van der Waals surface area contributed by atoms with Gasteiger partial charge in [-0.3, -0.25) is 0 Å². The van der Waals surface area contributed by atoms with Gasteiger partial charge in [0.15, 0.2) is 0 Å². The first-order chi connectivity index (χ1) is 13.0. The van der Waals surface area contributed by atoms with E-state index in [0.717, 1.165) is 24.3 Å². The van der Waals surface area contributed by atoms with E-state index in [1.807, 2.05) is 6.92 Å². The van der Waals surface area contributed by atoms with Gasteiger partial charge in [-0.15, -0.1) is 0 Å². The number of rotatable bonds is 9. The fourth-order valence-electron chi connectivity index (χ4n) is 3.07. The molecule has 0 radical (unpaired) electrons. The highest BCUT2D eigenvalue weighted by molar-refractivity contribution is 5.51. The summed E-state index contributed by atoms with van der Waals surface area (Å²) in [6.07, 6.45) is -0.130. The van der Waals surface area contributed by atoms with Crippen molar-refractivity contribution in [2.45, 2.75) is 45.9 Å². The van der Waals surface area contributed by atoms with E-state index in [9.17, 15) is 10.2 Å². The van der Waals surface area contributed by atoms with E-state index in [-0.39, 0.29) is 11.8 Å². The van der Waals surface area contributed by atoms with Gasteiger partial charge in [-0.05, 0) is 61.7 Å². The molecule has 0 bridgehead atoms. The third kappa shape index (κ3) is 5.72. The average molecular weight is 367 g/mol. The van der Waals surface area contributed by atoms with Gasteiger partial charge in [-0.25, -0.2) is 0 Å². The minimum atomic E-state index is -0.647. The smallest absolute Gasteiger partial charge is 0.115 e. The van der Waals surface area contributed by atoms with Crippen LogP contribution in [0.1, 0.15) is 43.1 Å². The van der Waals surface area contributed by atoms with E-state index in [1.165, 1.54) is 11.1 Å². The number of anilines is 1. The zero-order chi connectivity index (χ0) is 19.8. The number of aliphatic hydroxyl groups excluding tert-OH is 1. The predicted molar refractivity (Wildman–Crippen MR) is 109 cm³/mol. The third-order valence-corrected chi connectivity index (χ3v) is 4.89. The minimum absolute atomic E-state index is 0.128. The van der Waals surface area contributed by atoms with Crippen molar-refractivity contribution in [2.75, 3.05) is 18.0 Å². The Balaban J connectivity index is 1.98. The van der Waals surface area contributed by atoms with Crippen LogP contribution in [-0.2, 0) is 6.54 Å². The Morgan fingerprint density at radius 3 is 2.48 bits per heavy atom. The van der Waals surface area contributed by atoms with Crippen molar-refractivity contribution in [3.63, 3.8) is 0 Å². The van der Waals surface area contributed by atoms with Crippen molar-refractivity contribution >= 4 is 5.69 Å². The van der Waals surface area contributed by atoms with Gasteiger partial charge >= 0.3 is 0 Å². The number of aryl methyl sites for hydroxylation is 1. The van der Waals surface area contributed by atoms with Crippen molar-refractivity contribution in [1.82, 2.24) is 5.32 Å². The van der Waals surface area contributed by atoms with Crippen LogP contribution >= 0.6 is 0 Å². The van der Waals surface area contributed by atoms with Crippen molar-refractivity contribution in [1.29, 1.82) is 5.26 Å². The molecule has 3 N–H and O–H groups in total. The minimum Gasteiger partial charge on any atom is -0.508 e. The number of nitrogens with one attached hydrogen (secondary N) is 1. The quantitative estimate of drug-likeness (QED) is 0.630. The number of nitrogens with zero attached hydrogens (tertiary/aromatic N) is 2. The molecule has 5 nitrogen and oxygen atoms in total. The van der Waals surface area contributed by atoms with Gasteiger partial charge in [0.2, 0.25) is 0 Å². The molecule has 0 saturated carbocycles. The number of hydrogen-bond acceptors (Lipinski definition) is 5. The van der Waals surface area contributed by atoms with E-state index >= 15 is 0 Å². The van der Waals surface area contributed by atoms with Crippen LogP contribution in [0.5, 0.6) is 5.75 Å². The summed E-state index contributed by atoms with van der Waals surface area (Å²) in [5, 5.41) is 32.0. The largest absolute Gasteiger partial charge is 0.508 e. The van der Waals surface area contributed by atoms with Crippen LogP contribution in [0.3, 0.4) is 0 Å². The van der Waals surface area contributed by atoms with Crippen molar-refractivity contribution in [3.05, 3.63) is 59.2 Å². The number of nitriles is 1. The van der Waals surface area contributed by atoms with Crippen molar-refractivity contribution in [3.8, 4) is 11.8 Å². The second kappa shape index (κ2) is 9.96. The Morgan fingerprint density at radius 1 is 1.19 bits per heavy atom. The fourth-order valence-corrected chi connectivity index (χ4v) is 3.07. The molecule has 0 spiro atoms. The molecule has 0 aromatic heterocycles. The molecule has 0 unspecified atom stereocenters. The topological polar surface area (TPSA) is 79.5 Å². The molecule has 27 heavy (non-hydrogen) atoms. The Hall–Kier alpha value is -2.55. The zero-order valence-corrected chi connectivity index (χ0v) is 16.3. The summed E-state index contributed by atoms with van der Waals surface area (Å²) in [4.78, 5) is 2.20. The SMILES string of the molecule is CCN(CCC#N)c1ccc(CN[C@@H](C)[C@@H](O)c2ccc(O)cc2)c(C)c1. The molecule has 0 aliphatic heterocycles. The number of hydrogen-bond donors (Lipinski definition) is 3. The number of phenolic OH excluding ortho intramolecular Hbond substituents is 1. The third-order valence-electron chi connectivity index (χ3n) is 4.89. The van der Waals surface area contributed by atoms with E-state index in [4.69, 9.17) is 5.26 Å². The summed E-state index contributed by atoms with van der Waals surface area (Å²) < 4.78 is 0. The molecule has 0 heterocycles. The molecule has 0 fully saturated rings. The van der Waals surface area contributed by atoms with Crippen molar-refractivity contribution in [2.24, 2.45) is 0 Å².